The largest absolute Gasteiger partial charge is 0.342 e. The second kappa shape index (κ2) is 8.30. The van der Waals surface area contributed by atoms with Crippen LogP contribution in [0.5, 0.6) is 0 Å². The fourth-order valence-corrected chi connectivity index (χ4v) is 4.45. The summed E-state index contributed by atoms with van der Waals surface area (Å²) in [6.07, 6.45) is 7.70. The zero-order valence-corrected chi connectivity index (χ0v) is 15.4. The van der Waals surface area contributed by atoms with Gasteiger partial charge in [-0.15, -0.1) is 0 Å². The zero-order valence-electron chi connectivity index (χ0n) is 15.4. The molecule has 2 N–H and O–H groups in total. The smallest absolute Gasteiger partial charge is 0.223 e. The highest BCUT2D eigenvalue weighted by atomic mass is 19.1. The number of likely N-dealkylation sites (tertiary alicyclic amines) is 1. The van der Waals surface area contributed by atoms with E-state index in [2.05, 4.69) is 0 Å². The van der Waals surface area contributed by atoms with Crippen molar-refractivity contribution in [3.05, 3.63) is 35.6 Å². The van der Waals surface area contributed by atoms with Crippen molar-refractivity contribution in [3.8, 4) is 0 Å². The van der Waals surface area contributed by atoms with Crippen LogP contribution in [-0.4, -0.2) is 36.2 Å². The average molecular weight is 360 g/mol. The van der Waals surface area contributed by atoms with Gasteiger partial charge in [-0.25, -0.2) is 4.39 Å². The first kappa shape index (κ1) is 19.0. The topological polar surface area (TPSA) is 63.4 Å². The van der Waals surface area contributed by atoms with Gasteiger partial charge in [0.25, 0.3) is 0 Å². The number of halogens is 1. The highest BCUT2D eigenvalue weighted by Gasteiger charge is 2.36. The molecule has 1 saturated carbocycles. The van der Waals surface area contributed by atoms with Crippen LogP contribution in [0, 0.1) is 17.2 Å². The van der Waals surface area contributed by atoms with Crippen molar-refractivity contribution in [2.45, 2.75) is 51.4 Å². The zero-order chi connectivity index (χ0) is 18.6. The second-order valence-corrected chi connectivity index (χ2v) is 7.99. The Kier molecular flexibility index (Phi) is 6.07. The Balaban J connectivity index is 1.63. The highest BCUT2D eigenvalue weighted by molar-refractivity contribution is 5.98. The summed E-state index contributed by atoms with van der Waals surface area (Å²) in [5, 5.41) is 0. The predicted molar refractivity (Wildman–Crippen MR) is 99.2 cm³/mol. The molecule has 26 heavy (non-hydrogen) atoms. The molecular formula is C21H29FN2O2. The Hall–Kier alpha value is -1.75. The van der Waals surface area contributed by atoms with Crippen LogP contribution < -0.4 is 5.73 Å². The third kappa shape index (κ3) is 4.32. The van der Waals surface area contributed by atoms with Crippen LogP contribution in [-0.2, 0) is 4.79 Å². The van der Waals surface area contributed by atoms with E-state index in [0.717, 1.165) is 38.5 Å². The molecule has 1 saturated heterocycles. The standard InChI is InChI=1S/C21H29FN2O2/c22-18-8-6-16(7-9-18)20(26)17-5-4-12-24(14-17)19(25)13-21(15-23)10-2-1-3-11-21/h6-9,17H,1-5,10-15,23H2. The van der Waals surface area contributed by atoms with E-state index >= 15 is 0 Å². The maximum Gasteiger partial charge on any atom is 0.223 e. The third-order valence-corrected chi connectivity index (χ3v) is 6.15. The van der Waals surface area contributed by atoms with Crippen LogP contribution >= 0.6 is 0 Å². The Morgan fingerprint density at radius 3 is 2.46 bits per heavy atom. The molecule has 3 rings (SSSR count). The molecule has 0 radical (unpaired) electrons. The minimum atomic E-state index is -0.346. The van der Waals surface area contributed by atoms with E-state index in [0.29, 0.717) is 31.6 Å². The van der Waals surface area contributed by atoms with Crippen molar-refractivity contribution >= 4 is 11.7 Å². The Morgan fingerprint density at radius 1 is 1.12 bits per heavy atom. The van der Waals surface area contributed by atoms with Gasteiger partial charge in [-0.2, -0.15) is 0 Å². The van der Waals surface area contributed by atoms with E-state index in [9.17, 15) is 14.0 Å². The Bertz CT molecular complexity index is 638. The van der Waals surface area contributed by atoms with Crippen LogP contribution in [0.25, 0.3) is 0 Å². The SMILES string of the molecule is NCC1(CC(=O)N2CCCC(C(=O)c3ccc(F)cc3)C2)CCCCC1. The van der Waals surface area contributed by atoms with Gasteiger partial charge in [0.05, 0.1) is 0 Å². The molecule has 0 spiro atoms. The molecule has 1 atom stereocenters. The summed E-state index contributed by atoms with van der Waals surface area (Å²) in [5.41, 5.74) is 6.50. The van der Waals surface area contributed by atoms with E-state index in [1.165, 1.54) is 30.7 Å². The summed E-state index contributed by atoms with van der Waals surface area (Å²) in [7, 11) is 0. The molecular weight excluding hydrogens is 331 g/mol. The molecule has 1 unspecified atom stereocenters. The van der Waals surface area contributed by atoms with E-state index < -0.39 is 0 Å². The number of Topliss-reactive ketones (excluding diaryl/α,β-unsaturated/α-hetero) is 1. The minimum Gasteiger partial charge on any atom is -0.342 e. The van der Waals surface area contributed by atoms with Gasteiger partial charge in [-0.3, -0.25) is 9.59 Å². The number of ketones is 1. The lowest BCUT2D eigenvalue weighted by molar-refractivity contribution is -0.135. The minimum absolute atomic E-state index is 0.00806. The number of nitrogens with two attached hydrogens (primary N) is 1. The van der Waals surface area contributed by atoms with Gasteiger partial charge in [0.2, 0.25) is 5.91 Å². The summed E-state index contributed by atoms with van der Waals surface area (Å²) >= 11 is 0. The number of hydrogen-bond donors (Lipinski definition) is 1. The van der Waals surface area contributed by atoms with Gasteiger partial charge >= 0.3 is 0 Å². The predicted octanol–water partition coefficient (Wildman–Crippen LogP) is 3.55. The number of piperidine rings is 1. The van der Waals surface area contributed by atoms with Crippen molar-refractivity contribution < 1.29 is 14.0 Å². The number of carbonyl (C=O) groups excluding carboxylic acids is 2. The number of benzene rings is 1. The number of hydrogen-bond acceptors (Lipinski definition) is 3. The molecule has 1 aliphatic carbocycles. The maximum absolute atomic E-state index is 13.1. The molecule has 0 aromatic heterocycles. The average Bonchev–Trinajstić information content (AvgIpc) is 2.69. The first-order chi connectivity index (χ1) is 12.5. The fraction of sp³-hybridized carbons (Fsp3) is 0.619. The van der Waals surface area contributed by atoms with E-state index in [1.54, 1.807) is 0 Å². The van der Waals surface area contributed by atoms with Gasteiger partial charge in [0.15, 0.2) is 5.78 Å². The van der Waals surface area contributed by atoms with Crippen LogP contribution in [0.2, 0.25) is 0 Å². The highest BCUT2D eigenvalue weighted by Crippen LogP contribution is 2.39. The third-order valence-electron chi connectivity index (χ3n) is 6.15. The Morgan fingerprint density at radius 2 is 1.81 bits per heavy atom. The van der Waals surface area contributed by atoms with E-state index in [1.807, 2.05) is 4.90 Å². The molecule has 2 aliphatic rings. The van der Waals surface area contributed by atoms with E-state index in [-0.39, 0.29) is 28.8 Å². The summed E-state index contributed by atoms with van der Waals surface area (Å²) in [6, 6.07) is 5.69. The summed E-state index contributed by atoms with van der Waals surface area (Å²) in [6.45, 7) is 1.74. The van der Waals surface area contributed by atoms with Crippen molar-refractivity contribution in [2.75, 3.05) is 19.6 Å². The molecule has 0 bridgehead atoms. The fourth-order valence-electron chi connectivity index (χ4n) is 4.45. The van der Waals surface area contributed by atoms with Crippen molar-refractivity contribution in [3.63, 3.8) is 0 Å². The van der Waals surface area contributed by atoms with Gasteiger partial charge < -0.3 is 10.6 Å². The number of carbonyl (C=O) groups is 2. The maximum atomic E-state index is 13.1. The van der Waals surface area contributed by atoms with Crippen molar-refractivity contribution in [1.82, 2.24) is 4.90 Å². The lowest BCUT2D eigenvalue weighted by atomic mass is 9.71. The molecule has 1 amide bonds. The molecule has 4 nitrogen and oxygen atoms in total. The molecule has 1 aliphatic heterocycles. The molecule has 2 fully saturated rings. The van der Waals surface area contributed by atoms with E-state index in [4.69, 9.17) is 5.73 Å². The molecule has 142 valence electrons. The lowest BCUT2D eigenvalue weighted by Gasteiger charge is -2.39. The van der Waals surface area contributed by atoms with Gasteiger partial charge in [0.1, 0.15) is 5.82 Å². The summed E-state index contributed by atoms with van der Waals surface area (Å²) < 4.78 is 13.1. The number of nitrogens with zero attached hydrogens (tertiary/aromatic N) is 1. The molecule has 1 aromatic rings. The molecule has 5 heteroatoms. The van der Waals surface area contributed by atoms with Gasteiger partial charge in [0, 0.05) is 31.0 Å². The first-order valence-corrected chi connectivity index (χ1v) is 9.81. The monoisotopic (exact) mass is 360 g/mol. The molecule has 1 aromatic carbocycles. The van der Waals surface area contributed by atoms with Crippen molar-refractivity contribution in [1.29, 1.82) is 0 Å². The molecule has 1 heterocycles. The van der Waals surface area contributed by atoms with Crippen LogP contribution in [0.3, 0.4) is 0 Å². The summed E-state index contributed by atoms with van der Waals surface area (Å²) in [5.74, 6) is -0.400. The quantitative estimate of drug-likeness (QED) is 0.817. The van der Waals surface area contributed by atoms with Crippen molar-refractivity contribution in [2.24, 2.45) is 17.1 Å². The number of amides is 1. The van der Waals surface area contributed by atoms with Gasteiger partial charge in [-0.05, 0) is 61.9 Å². The van der Waals surface area contributed by atoms with Crippen LogP contribution in [0.4, 0.5) is 4.39 Å². The first-order valence-electron chi connectivity index (χ1n) is 9.81. The van der Waals surface area contributed by atoms with Crippen LogP contribution in [0.1, 0.15) is 61.7 Å². The lowest BCUT2D eigenvalue weighted by Crippen LogP contribution is -2.45. The normalized spacial score (nSPS) is 22.8. The Labute approximate surface area is 154 Å². The second-order valence-electron chi connectivity index (χ2n) is 7.99. The van der Waals surface area contributed by atoms with Crippen LogP contribution in [0.15, 0.2) is 24.3 Å². The summed E-state index contributed by atoms with van der Waals surface area (Å²) in [4.78, 5) is 27.4. The van der Waals surface area contributed by atoms with Gasteiger partial charge in [-0.1, -0.05) is 19.3 Å². The number of rotatable bonds is 5.